The predicted molar refractivity (Wildman–Crippen MR) is 178 cm³/mol. The number of piperidine rings is 3. The van der Waals surface area contributed by atoms with Gasteiger partial charge in [0.15, 0.2) is 6.10 Å². The van der Waals surface area contributed by atoms with Gasteiger partial charge < -0.3 is 30.1 Å². The molecular formula is C34H42F6N6O4S. The van der Waals surface area contributed by atoms with Gasteiger partial charge in [-0.25, -0.2) is 9.59 Å². The van der Waals surface area contributed by atoms with Crippen LogP contribution in [0.25, 0.3) is 0 Å². The number of nitrogens with two attached hydrogens (primary N) is 1. The van der Waals surface area contributed by atoms with Crippen molar-refractivity contribution in [3.63, 3.8) is 0 Å². The van der Waals surface area contributed by atoms with Crippen LogP contribution >= 0.6 is 11.3 Å². The summed E-state index contributed by atoms with van der Waals surface area (Å²) in [6.07, 6.45) is -9.39. The van der Waals surface area contributed by atoms with Crippen molar-refractivity contribution in [2.45, 2.75) is 76.0 Å². The molecule has 1 aromatic carbocycles. The molecule has 51 heavy (non-hydrogen) atoms. The molecule has 4 aliphatic rings. The van der Waals surface area contributed by atoms with E-state index in [2.05, 4.69) is 17.3 Å². The second-order valence-electron chi connectivity index (χ2n) is 14.0. The smallest absolute Gasteiger partial charge is 0.418 e. The lowest BCUT2D eigenvalue weighted by molar-refractivity contribution is -0.142. The van der Waals surface area contributed by atoms with E-state index in [0.29, 0.717) is 69.3 Å². The maximum Gasteiger partial charge on any atom is 0.418 e. The molecule has 4 aliphatic heterocycles. The number of carbonyl (C=O) groups is 3. The van der Waals surface area contributed by atoms with Gasteiger partial charge in [0.1, 0.15) is 5.00 Å². The number of alkyl halides is 6. The Morgan fingerprint density at radius 2 is 1.45 bits per heavy atom. The highest BCUT2D eigenvalue weighted by Crippen LogP contribution is 2.42. The van der Waals surface area contributed by atoms with E-state index in [9.17, 15) is 40.7 Å². The SMILES string of the molecule is CN1CCC(C2CCN(C(=O)[C@@H](Cc3cc(C(F)(F)F)c(N)c(C(F)(F)F)c3)OC(=O)N3CCC(N4Cc5ccsc5NC4=O)CC3)CC2)CC1. The van der Waals surface area contributed by atoms with Crippen molar-refractivity contribution in [2.24, 2.45) is 11.8 Å². The van der Waals surface area contributed by atoms with Crippen LogP contribution in [0.3, 0.4) is 0 Å². The molecule has 0 spiro atoms. The van der Waals surface area contributed by atoms with E-state index in [1.165, 1.54) is 21.1 Å². The van der Waals surface area contributed by atoms with Crippen molar-refractivity contribution < 1.29 is 45.5 Å². The molecule has 10 nitrogen and oxygen atoms in total. The highest BCUT2D eigenvalue weighted by molar-refractivity contribution is 7.14. The Morgan fingerprint density at radius 3 is 2.02 bits per heavy atom. The topological polar surface area (TPSA) is 111 Å². The molecule has 1 atom stereocenters. The standard InChI is InChI=1S/C34H42F6N6O4S/c1-43-9-2-21(3-10-43)22-4-11-44(12-5-22)30(47)27(18-20-16-25(33(35,36)37)28(41)26(17-20)34(38,39)40)50-32(49)45-13-6-24(7-14-45)46-19-23-8-15-51-29(23)42-31(46)48/h8,15-17,21-22,24,27H,2-7,9-14,18-19,41H2,1H3,(H,42,48)/t27-/m1/s1. The van der Waals surface area contributed by atoms with Crippen LogP contribution in [0.1, 0.15) is 60.8 Å². The molecule has 1 aromatic heterocycles. The number of hydrogen-bond acceptors (Lipinski definition) is 7. The highest BCUT2D eigenvalue weighted by atomic mass is 32.1. The fourth-order valence-electron chi connectivity index (χ4n) is 7.83. The van der Waals surface area contributed by atoms with Crippen LogP contribution in [0, 0.1) is 11.8 Å². The summed E-state index contributed by atoms with van der Waals surface area (Å²) >= 11 is 1.43. The zero-order valence-corrected chi connectivity index (χ0v) is 29.0. The largest absolute Gasteiger partial charge is 0.436 e. The van der Waals surface area contributed by atoms with Crippen LogP contribution in [-0.4, -0.2) is 96.1 Å². The minimum Gasteiger partial charge on any atom is -0.436 e. The van der Waals surface area contributed by atoms with Gasteiger partial charge in [0.2, 0.25) is 0 Å². The lowest BCUT2D eigenvalue weighted by Gasteiger charge is -2.41. The van der Waals surface area contributed by atoms with Crippen LogP contribution in [-0.2, 0) is 34.8 Å². The van der Waals surface area contributed by atoms with Crippen molar-refractivity contribution in [1.82, 2.24) is 19.6 Å². The molecule has 0 aliphatic carbocycles. The number of nitrogens with one attached hydrogen (secondary N) is 1. The van der Waals surface area contributed by atoms with Gasteiger partial charge in [0, 0.05) is 44.2 Å². The fraction of sp³-hybridized carbons (Fsp3) is 0.618. The number of halogens is 6. The number of likely N-dealkylation sites (tertiary alicyclic amines) is 3. The number of urea groups is 1. The Hall–Kier alpha value is -3.73. The molecule has 4 amide bonds. The normalized spacial score (nSPS) is 21.0. The Bertz CT molecular complexity index is 1560. The molecule has 0 saturated carbocycles. The van der Waals surface area contributed by atoms with E-state index in [1.807, 2.05) is 11.4 Å². The van der Waals surface area contributed by atoms with E-state index in [-0.39, 0.29) is 25.2 Å². The first-order valence-electron chi connectivity index (χ1n) is 17.2. The molecule has 17 heteroatoms. The number of fused-ring (bicyclic) bond motifs is 1. The predicted octanol–water partition coefficient (Wildman–Crippen LogP) is 6.51. The molecule has 3 fully saturated rings. The average Bonchev–Trinajstić information content (AvgIpc) is 3.54. The van der Waals surface area contributed by atoms with Gasteiger partial charge in [-0.1, -0.05) is 0 Å². The van der Waals surface area contributed by atoms with Crippen LogP contribution in [0.5, 0.6) is 0 Å². The summed E-state index contributed by atoms with van der Waals surface area (Å²) in [6, 6.07) is 2.49. The summed E-state index contributed by atoms with van der Waals surface area (Å²) in [5.74, 6) is 0.226. The van der Waals surface area contributed by atoms with Crippen LogP contribution in [0.2, 0.25) is 0 Å². The van der Waals surface area contributed by atoms with Crippen molar-refractivity contribution in [1.29, 1.82) is 0 Å². The second kappa shape index (κ2) is 14.7. The number of amides is 4. The minimum absolute atomic E-state index is 0.172. The molecule has 2 aromatic rings. The summed E-state index contributed by atoms with van der Waals surface area (Å²) in [6.45, 7) is 3.41. The van der Waals surface area contributed by atoms with Gasteiger partial charge in [0.25, 0.3) is 5.91 Å². The van der Waals surface area contributed by atoms with Gasteiger partial charge in [-0.05, 0) is 99.6 Å². The Balaban J connectivity index is 1.17. The quantitative estimate of drug-likeness (QED) is 0.258. The van der Waals surface area contributed by atoms with Gasteiger partial charge in [-0.15, -0.1) is 11.3 Å². The summed E-state index contributed by atoms with van der Waals surface area (Å²) < 4.78 is 88.8. The van der Waals surface area contributed by atoms with Crippen LogP contribution in [0.15, 0.2) is 23.6 Å². The number of hydrogen-bond donors (Lipinski definition) is 2. The molecule has 0 radical (unpaired) electrons. The third-order valence-corrected chi connectivity index (χ3v) is 11.7. The molecule has 5 heterocycles. The molecule has 0 unspecified atom stereocenters. The van der Waals surface area contributed by atoms with Gasteiger partial charge in [-0.2, -0.15) is 26.3 Å². The third-order valence-electron chi connectivity index (χ3n) is 10.8. The number of thiophene rings is 1. The summed E-state index contributed by atoms with van der Waals surface area (Å²) in [5, 5.41) is 5.56. The number of ether oxygens (including phenoxy) is 1. The van der Waals surface area contributed by atoms with Crippen molar-refractivity contribution in [3.05, 3.63) is 45.8 Å². The zero-order chi connectivity index (χ0) is 36.7. The first kappa shape index (κ1) is 37.0. The van der Waals surface area contributed by atoms with Crippen LogP contribution < -0.4 is 11.1 Å². The van der Waals surface area contributed by atoms with Crippen molar-refractivity contribution >= 4 is 40.1 Å². The first-order chi connectivity index (χ1) is 24.1. The molecule has 280 valence electrons. The molecule has 3 N–H and O–H groups in total. The number of nitrogen functional groups attached to an aromatic ring is 1. The van der Waals surface area contributed by atoms with E-state index in [1.54, 1.807) is 4.90 Å². The van der Waals surface area contributed by atoms with Gasteiger partial charge in [0.05, 0.1) is 23.4 Å². The maximum atomic E-state index is 14.0. The minimum atomic E-state index is -5.20. The lowest BCUT2D eigenvalue weighted by Crippen LogP contribution is -2.52. The zero-order valence-electron chi connectivity index (χ0n) is 28.2. The Labute approximate surface area is 295 Å². The maximum absolute atomic E-state index is 14.0. The van der Waals surface area contributed by atoms with Gasteiger partial charge in [-0.3, -0.25) is 10.1 Å². The average molecular weight is 745 g/mol. The Kier molecular flexibility index (Phi) is 10.7. The molecule has 0 bridgehead atoms. The second-order valence-corrected chi connectivity index (χ2v) is 14.9. The highest BCUT2D eigenvalue weighted by Gasteiger charge is 2.42. The monoisotopic (exact) mass is 744 g/mol. The van der Waals surface area contributed by atoms with E-state index in [0.717, 1.165) is 36.5 Å². The Morgan fingerprint density at radius 1 is 0.902 bits per heavy atom. The number of carbonyl (C=O) groups excluding carboxylic acids is 3. The van der Waals surface area contributed by atoms with E-state index in [4.69, 9.17) is 10.5 Å². The molecule has 6 rings (SSSR count). The van der Waals surface area contributed by atoms with Crippen LogP contribution in [0.4, 0.5) is 46.6 Å². The number of rotatable bonds is 6. The number of anilines is 2. The molecule has 3 saturated heterocycles. The van der Waals surface area contributed by atoms with Crippen molar-refractivity contribution in [2.75, 3.05) is 57.4 Å². The van der Waals surface area contributed by atoms with E-state index < -0.39 is 59.3 Å². The summed E-state index contributed by atoms with van der Waals surface area (Å²) in [7, 11) is 2.07. The number of nitrogens with zero attached hydrogens (tertiary/aromatic N) is 4. The van der Waals surface area contributed by atoms with Gasteiger partial charge >= 0.3 is 24.5 Å². The van der Waals surface area contributed by atoms with Crippen molar-refractivity contribution in [3.8, 4) is 0 Å². The summed E-state index contributed by atoms with van der Waals surface area (Å²) in [4.78, 5) is 47.0. The number of benzene rings is 1. The lowest BCUT2D eigenvalue weighted by atomic mass is 9.79. The van der Waals surface area contributed by atoms with E-state index >= 15 is 0 Å². The first-order valence-corrected chi connectivity index (χ1v) is 18.1. The summed E-state index contributed by atoms with van der Waals surface area (Å²) in [5.41, 5.74) is 1.03. The fourth-order valence-corrected chi connectivity index (χ4v) is 8.63. The molecular weight excluding hydrogens is 702 g/mol. The third kappa shape index (κ3) is 8.34.